The molecule has 1 fully saturated rings. The molecule has 31 heavy (non-hydrogen) atoms. The maximum Gasteiger partial charge on any atom is 0.416 e. The molecule has 1 aliphatic rings. The van der Waals surface area contributed by atoms with Crippen LogP contribution in [-0.4, -0.2) is 31.7 Å². The van der Waals surface area contributed by atoms with Gasteiger partial charge in [0.15, 0.2) is 0 Å². The smallest absolute Gasteiger partial charge is 0.349 e. The van der Waals surface area contributed by atoms with Crippen LogP contribution in [0.15, 0.2) is 53.4 Å². The molecule has 1 aliphatic heterocycles. The van der Waals surface area contributed by atoms with Crippen LogP contribution < -0.4 is 5.32 Å². The van der Waals surface area contributed by atoms with Crippen molar-refractivity contribution >= 4 is 15.9 Å². The van der Waals surface area contributed by atoms with Gasteiger partial charge >= 0.3 is 6.18 Å². The lowest BCUT2D eigenvalue weighted by Crippen LogP contribution is -2.45. The quantitative estimate of drug-likeness (QED) is 0.686. The van der Waals surface area contributed by atoms with Crippen molar-refractivity contribution in [1.82, 2.24) is 9.62 Å². The number of rotatable bonds is 5. The second-order valence-electron chi connectivity index (χ2n) is 7.51. The third kappa shape index (κ3) is 5.43. The van der Waals surface area contributed by atoms with E-state index in [-0.39, 0.29) is 18.0 Å². The van der Waals surface area contributed by atoms with Crippen LogP contribution in [0.4, 0.5) is 17.6 Å². The largest absolute Gasteiger partial charge is 0.416 e. The second-order valence-corrected chi connectivity index (χ2v) is 9.45. The van der Waals surface area contributed by atoms with Crippen LogP contribution in [0.25, 0.3) is 0 Å². The van der Waals surface area contributed by atoms with Crippen molar-refractivity contribution < 1.29 is 30.8 Å². The van der Waals surface area contributed by atoms with Gasteiger partial charge in [-0.05, 0) is 61.7 Å². The zero-order chi connectivity index (χ0) is 22.8. The van der Waals surface area contributed by atoms with E-state index < -0.39 is 45.4 Å². The van der Waals surface area contributed by atoms with E-state index in [9.17, 15) is 30.8 Å². The molecule has 1 saturated heterocycles. The number of nitrogens with one attached hydrogen (secondary N) is 1. The van der Waals surface area contributed by atoms with Crippen molar-refractivity contribution in [2.24, 2.45) is 5.92 Å². The Labute approximate surface area is 178 Å². The number of benzene rings is 2. The Morgan fingerprint density at radius 3 is 2.48 bits per heavy atom. The molecule has 0 bridgehead atoms. The Kier molecular flexibility index (Phi) is 6.70. The van der Waals surface area contributed by atoms with E-state index in [1.807, 2.05) is 0 Å². The highest BCUT2D eigenvalue weighted by Gasteiger charge is 2.34. The normalized spacial score (nSPS) is 19.1. The first kappa shape index (κ1) is 23.2. The fourth-order valence-corrected chi connectivity index (χ4v) is 5.05. The SMILES string of the molecule is C[C@H](NC(=O)[C@H]1CCCN(S(=O)(=O)c2ccc(F)cc2)C1)c1cccc(C(F)(F)F)c1. The molecular formula is C21H22F4N2O3S. The van der Waals surface area contributed by atoms with Crippen LogP contribution in [0, 0.1) is 11.7 Å². The van der Waals surface area contributed by atoms with E-state index in [2.05, 4.69) is 5.32 Å². The molecular weight excluding hydrogens is 436 g/mol. The number of carbonyl (C=O) groups is 1. The number of halogens is 4. The summed E-state index contributed by atoms with van der Waals surface area (Å²) in [4.78, 5) is 12.7. The first-order chi connectivity index (χ1) is 14.5. The van der Waals surface area contributed by atoms with Gasteiger partial charge in [-0.3, -0.25) is 4.79 Å². The van der Waals surface area contributed by atoms with Crippen LogP contribution in [0.2, 0.25) is 0 Å². The zero-order valence-corrected chi connectivity index (χ0v) is 17.5. The monoisotopic (exact) mass is 458 g/mol. The summed E-state index contributed by atoms with van der Waals surface area (Å²) in [5.74, 6) is -1.63. The summed E-state index contributed by atoms with van der Waals surface area (Å²) in [6.45, 7) is 1.75. The third-order valence-electron chi connectivity index (χ3n) is 5.28. The molecule has 0 saturated carbocycles. The summed E-state index contributed by atoms with van der Waals surface area (Å²) >= 11 is 0. The van der Waals surface area contributed by atoms with E-state index in [1.165, 1.54) is 28.6 Å². The summed E-state index contributed by atoms with van der Waals surface area (Å²) in [7, 11) is -3.89. The summed E-state index contributed by atoms with van der Waals surface area (Å²) in [5, 5.41) is 2.69. The van der Waals surface area contributed by atoms with Gasteiger partial charge in [0.25, 0.3) is 0 Å². The Balaban J connectivity index is 1.69. The van der Waals surface area contributed by atoms with Crippen molar-refractivity contribution in [1.29, 1.82) is 0 Å². The Morgan fingerprint density at radius 1 is 1.16 bits per heavy atom. The molecule has 0 aliphatic carbocycles. The average molecular weight is 458 g/mol. The highest BCUT2D eigenvalue weighted by molar-refractivity contribution is 7.89. The van der Waals surface area contributed by atoms with Gasteiger partial charge in [-0.2, -0.15) is 17.5 Å². The van der Waals surface area contributed by atoms with Gasteiger partial charge in [-0.15, -0.1) is 0 Å². The summed E-state index contributed by atoms with van der Waals surface area (Å²) < 4.78 is 78.7. The van der Waals surface area contributed by atoms with E-state index in [0.717, 1.165) is 24.3 Å². The lowest BCUT2D eigenvalue weighted by Gasteiger charge is -2.32. The van der Waals surface area contributed by atoms with Gasteiger partial charge in [0.05, 0.1) is 22.4 Å². The molecule has 0 radical (unpaired) electrons. The van der Waals surface area contributed by atoms with E-state index >= 15 is 0 Å². The van der Waals surface area contributed by atoms with E-state index in [1.54, 1.807) is 6.92 Å². The second kappa shape index (κ2) is 8.96. The first-order valence-corrected chi connectivity index (χ1v) is 11.2. The minimum absolute atomic E-state index is 0.0547. The van der Waals surface area contributed by atoms with Crippen molar-refractivity contribution in [3.05, 3.63) is 65.5 Å². The molecule has 10 heteroatoms. The van der Waals surface area contributed by atoms with Crippen molar-refractivity contribution in [3.8, 4) is 0 Å². The van der Waals surface area contributed by atoms with Crippen LogP contribution >= 0.6 is 0 Å². The fourth-order valence-electron chi connectivity index (χ4n) is 3.53. The minimum atomic E-state index is -4.49. The molecule has 1 heterocycles. The number of hydrogen-bond acceptors (Lipinski definition) is 3. The van der Waals surface area contributed by atoms with Gasteiger partial charge in [-0.1, -0.05) is 12.1 Å². The molecule has 0 aromatic heterocycles. The summed E-state index contributed by atoms with van der Waals surface area (Å²) in [6, 6.07) is 8.47. The number of amides is 1. The predicted molar refractivity (Wildman–Crippen MR) is 106 cm³/mol. The highest BCUT2D eigenvalue weighted by Crippen LogP contribution is 2.31. The number of sulfonamides is 1. The van der Waals surface area contributed by atoms with E-state index in [0.29, 0.717) is 18.4 Å². The van der Waals surface area contributed by atoms with Crippen LogP contribution in [0.1, 0.15) is 36.9 Å². The molecule has 5 nitrogen and oxygen atoms in total. The van der Waals surface area contributed by atoms with Crippen molar-refractivity contribution in [3.63, 3.8) is 0 Å². The minimum Gasteiger partial charge on any atom is -0.349 e. The van der Waals surface area contributed by atoms with Gasteiger partial charge in [0, 0.05) is 13.1 Å². The average Bonchev–Trinajstić information content (AvgIpc) is 2.73. The molecule has 0 spiro atoms. The van der Waals surface area contributed by atoms with Gasteiger partial charge in [0.2, 0.25) is 15.9 Å². The first-order valence-electron chi connectivity index (χ1n) is 9.72. The highest BCUT2D eigenvalue weighted by atomic mass is 32.2. The maximum atomic E-state index is 13.1. The number of nitrogens with zero attached hydrogens (tertiary/aromatic N) is 1. The number of carbonyl (C=O) groups excluding carboxylic acids is 1. The van der Waals surface area contributed by atoms with Gasteiger partial charge < -0.3 is 5.32 Å². The zero-order valence-electron chi connectivity index (χ0n) is 16.7. The maximum absolute atomic E-state index is 13.1. The predicted octanol–water partition coefficient (Wildman–Crippen LogP) is 4.12. The van der Waals surface area contributed by atoms with Gasteiger partial charge in [-0.25, -0.2) is 12.8 Å². The molecule has 2 aromatic carbocycles. The van der Waals surface area contributed by atoms with Crippen molar-refractivity contribution in [2.45, 2.75) is 36.9 Å². The molecule has 1 N–H and O–H groups in total. The van der Waals surface area contributed by atoms with Crippen LogP contribution in [-0.2, 0) is 21.0 Å². The molecule has 2 atom stereocenters. The Hall–Kier alpha value is -2.46. The number of piperidine rings is 1. The standard InChI is InChI=1S/C21H22F4N2O3S/c1-14(15-4-2-6-17(12-15)21(23,24)25)26-20(28)16-5-3-11-27(13-16)31(29,30)19-9-7-18(22)8-10-19/h2,4,6-10,12,14,16H,3,5,11,13H2,1H3,(H,26,28)/t14-,16-/m0/s1. The third-order valence-corrected chi connectivity index (χ3v) is 7.16. The lowest BCUT2D eigenvalue weighted by molar-refractivity contribution is -0.137. The Morgan fingerprint density at radius 2 is 1.84 bits per heavy atom. The van der Waals surface area contributed by atoms with Crippen molar-refractivity contribution in [2.75, 3.05) is 13.1 Å². The molecule has 1 amide bonds. The van der Waals surface area contributed by atoms with Gasteiger partial charge in [0.1, 0.15) is 5.82 Å². The Bertz CT molecular complexity index is 1040. The summed E-state index contributed by atoms with van der Waals surface area (Å²) in [6.07, 6.45) is -3.58. The molecule has 3 rings (SSSR count). The topological polar surface area (TPSA) is 66.5 Å². The van der Waals surface area contributed by atoms with Crippen LogP contribution in [0.3, 0.4) is 0 Å². The molecule has 168 valence electrons. The molecule has 2 aromatic rings. The summed E-state index contributed by atoms with van der Waals surface area (Å²) in [5.41, 5.74) is -0.505. The number of alkyl halides is 3. The molecule has 0 unspecified atom stereocenters. The lowest BCUT2D eigenvalue weighted by atomic mass is 9.97. The van der Waals surface area contributed by atoms with Crippen LogP contribution in [0.5, 0.6) is 0 Å². The fraction of sp³-hybridized carbons (Fsp3) is 0.381. The van der Waals surface area contributed by atoms with E-state index in [4.69, 9.17) is 0 Å². The number of hydrogen-bond donors (Lipinski definition) is 1.